The van der Waals surface area contributed by atoms with E-state index in [1.807, 2.05) is 42.5 Å². The van der Waals surface area contributed by atoms with Gasteiger partial charge in [-0.3, -0.25) is 9.78 Å². The molecule has 0 fully saturated rings. The van der Waals surface area contributed by atoms with E-state index >= 15 is 0 Å². The van der Waals surface area contributed by atoms with E-state index in [-0.39, 0.29) is 5.91 Å². The lowest BCUT2D eigenvalue weighted by atomic mass is 10.0. The summed E-state index contributed by atoms with van der Waals surface area (Å²) in [5.74, 6) is 1.05. The van der Waals surface area contributed by atoms with Crippen molar-refractivity contribution in [3.63, 3.8) is 0 Å². The monoisotopic (exact) mass is 335 g/mol. The largest absolute Gasteiger partial charge is 0.467 e. The van der Waals surface area contributed by atoms with Gasteiger partial charge in [0.25, 0.3) is 5.91 Å². The first-order valence-corrected chi connectivity index (χ1v) is 8.25. The molecule has 0 unspecified atom stereocenters. The number of pyridine rings is 1. The molecule has 0 aliphatic rings. The zero-order valence-corrected chi connectivity index (χ0v) is 14.3. The van der Waals surface area contributed by atoms with Gasteiger partial charge < -0.3 is 15.1 Å². The van der Waals surface area contributed by atoms with Crippen LogP contribution in [-0.2, 0) is 6.54 Å². The summed E-state index contributed by atoms with van der Waals surface area (Å²) in [7, 11) is 0. The van der Waals surface area contributed by atoms with Gasteiger partial charge in [0, 0.05) is 17.6 Å². The highest BCUT2D eigenvalue weighted by Gasteiger charge is 2.09. The number of amides is 1. The van der Waals surface area contributed by atoms with Crippen molar-refractivity contribution in [2.75, 3.05) is 10.6 Å². The van der Waals surface area contributed by atoms with E-state index in [0.29, 0.717) is 18.2 Å². The summed E-state index contributed by atoms with van der Waals surface area (Å²) in [5.41, 5.74) is 3.16. The van der Waals surface area contributed by atoms with Gasteiger partial charge in [0.1, 0.15) is 11.5 Å². The molecule has 0 bridgehead atoms. The molecular weight excluding hydrogens is 314 g/mol. The number of furan rings is 1. The SMILES string of the molecule is CC(C)c1ccc(NC(=O)c2cc(NCc3ccco3)ccn2)cc1. The highest BCUT2D eigenvalue weighted by molar-refractivity contribution is 6.03. The minimum absolute atomic E-state index is 0.237. The van der Waals surface area contributed by atoms with E-state index in [1.54, 1.807) is 18.5 Å². The van der Waals surface area contributed by atoms with Crippen molar-refractivity contribution < 1.29 is 9.21 Å². The maximum absolute atomic E-state index is 12.4. The molecule has 0 saturated carbocycles. The maximum atomic E-state index is 12.4. The summed E-state index contributed by atoms with van der Waals surface area (Å²) < 4.78 is 5.28. The number of hydrogen-bond acceptors (Lipinski definition) is 4. The fourth-order valence-corrected chi connectivity index (χ4v) is 2.41. The first-order valence-electron chi connectivity index (χ1n) is 8.25. The Morgan fingerprint density at radius 3 is 2.60 bits per heavy atom. The molecule has 0 aliphatic heterocycles. The second-order valence-corrected chi connectivity index (χ2v) is 6.09. The van der Waals surface area contributed by atoms with Gasteiger partial charge in [-0.2, -0.15) is 0 Å². The molecule has 1 aromatic carbocycles. The summed E-state index contributed by atoms with van der Waals surface area (Å²) in [6, 6.07) is 15.1. The van der Waals surface area contributed by atoms with Crippen LogP contribution in [0.5, 0.6) is 0 Å². The summed E-state index contributed by atoms with van der Waals surface area (Å²) >= 11 is 0. The molecule has 5 nitrogen and oxygen atoms in total. The highest BCUT2D eigenvalue weighted by Crippen LogP contribution is 2.18. The minimum atomic E-state index is -0.237. The normalized spacial score (nSPS) is 10.7. The van der Waals surface area contributed by atoms with Crippen LogP contribution in [-0.4, -0.2) is 10.9 Å². The van der Waals surface area contributed by atoms with Crippen LogP contribution in [0, 0.1) is 0 Å². The highest BCUT2D eigenvalue weighted by atomic mass is 16.3. The lowest BCUT2D eigenvalue weighted by Gasteiger charge is -2.09. The zero-order valence-electron chi connectivity index (χ0n) is 14.3. The smallest absolute Gasteiger partial charge is 0.274 e. The predicted octanol–water partition coefficient (Wildman–Crippen LogP) is 4.66. The Morgan fingerprint density at radius 2 is 1.92 bits per heavy atom. The molecule has 1 amide bonds. The van der Waals surface area contributed by atoms with Crippen LogP contribution >= 0.6 is 0 Å². The molecule has 0 spiro atoms. The number of anilines is 2. The van der Waals surface area contributed by atoms with E-state index in [4.69, 9.17) is 4.42 Å². The number of carbonyl (C=O) groups excluding carboxylic acids is 1. The van der Waals surface area contributed by atoms with Crippen LogP contribution in [0.15, 0.2) is 65.4 Å². The van der Waals surface area contributed by atoms with Crippen LogP contribution in [0.2, 0.25) is 0 Å². The van der Waals surface area contributed by atoms with Crippen LogP contribution in [0.4, 0.5) is 11.4 Å². The molecule has 0 atom stereocenters. The number of nitrogens with one attached hydrogen (secondary N) is 2. The van der Waals surface area contributed by atoms with E-state index in [1.165, 1.54) is 5.56 Å². The Morgan fingerprint density at radius 1 is 1.12 bits per heavy atom. The lowest BCUT2D eigenvalue weighted by molar-refractivity contribution is 0.102. The molecule has 0 aliphatic carbocycles. The predicted molar refractivity (Wildman–Crippen MR) is 98.8 cm³/mol. The Hall–Kier alpha value is -3.08. The molecule has 5 heteroatoms. The molecule has 3 rings (SSSR count). The Kier molecular flexibility index (Phi) is 5.14. The molecule has 25 heavy (non-hydrogen) atoms. The Balaban J connectivity index is 1.64. The molecular formula is C20H21N3O2. The van der Waals surface area contributed by atoms with Crippen molar-refractivity contribution >= 4 is 17.3 Å². The number of rotatable bonds is 6. The van der Waals surface area contributed by atoms with Gasteiger partial charge in [0.15, 0.2) is 0 Å². The van der Waals surface area contributed by atoms with Crippen molar-refractivity contribution in [1.82, 2.24) is 4.98 Å². The van der Waals surface area contributed by atoms with Gasteiger partial charge in [-0.1, -0.05) is 26.0 Å². The molecule has 0 radical (unpaired) electrons. The minimum Gasteiger partial charge on any atom is -0.467 e. The third-order valence-electron chi connectivity index (χ3n) is 3.87. The van der Waals surface area contributed by atoms with E-state index < -0.39 is 0 Å². The van der Waals surface area contributed by atoms with Crippen LogP contribution in [0.3, 0.4) is 0 Å². The number of hydrogen-bond donors (Lipinski definition) is 2. The fraction of sp³-hybridized carbons (Fsp3) is 0.200. The number of nitrogens with zero attached hydrogens (tertiary/aromatic N) is 1. The topological polar surface area (TPSA) is 67.2 Å². The lowest BCUT2D eigenvalue weighted by Crippen LogP contribution is -2.14. The van der Waals surface area contributed by atoms with E-state index in [2.05, 4.69) is 29.5 Å². The standard InChI is InChI=1S/C20H21N3O2/c1-14(2)15-5-7-16(8-6-15)23-20(24)19-12-17(9-10-21-19)22-13-18-4-3-11-25-18/h3-12,14H,13H2,1-2H3,(H,21,22)(H,23,24). The van der Waals surface area contributed by atoms with Gasteiger partial charge >= 0.3 is 0 Å². The number of benzene rings is 1. The van der Waals surface area contributed by atoms with Crippen LogP contribution in [0.25, 0.3) is 0 Å². The van der Waals surface area contributed by atoms with Gasteiger partial charge in [0.05, 0.1) is 12.8 Å². The molecule has 2 heterocycles. The third kappa shape index (κ3) is 4.47. The van der Waals surface area contributed by atoms with Crippen molar-refractivity contribution in [3.05, 3.63) is 78.0 Å². The Labute approximate surface area is 147 Å². The summed E-state index contributed by atoms with van der Waals surface area (Å²) in [5, 5.41) is 6.09. The summed E-state index contributed by atoms with van der Waals surface area (Å²) in [6.45, 7) is 4.83. The van der Waals surface area contributed by atoms with Crippen molar-refractivity contribution in [3.8, 4) is 0 Å². The maximum Gasteiger partial charge on any atom is 0.274 e. The number of carbonyl (C=O) groups is 1. The van der Waals surface area contributed by atoms with Gasteiger partial charge in [-0.25, -0.2) is 0 Å². The summed E-state index contributed by atoms with van der Waals surface area (Å²) in [6.07, 6.45) is 3.24. The Bertz CT molecular complexity index is 824. The van der Waals surface area contributed by atoms with Crippen molar-refractivity contribution in [2.45, 2.75) is 26.3 Å². The van der Waals surface area contributed by atoms with Gasteiger partial charge in [-0.15, -0.1) is 0 Å². The number of aromatic nitrogens is 1. The average molecular weight is 335 g/mol. The summed E-state index contributed by atoms with van der Waals surface area (Å²) in [4.78, 5) is 16.5. The molecule has 2 N–H and O–H groups in total. The third-order valence-corrected chi connectivity index (χ3v) is 3.87. The zero-order chi connectivity index (χ0) is 17.6. The quantitative estimate of drug-likeness (QED) is 0.687. The van der Waals surface area contributed by atoms with Crippen LogP contribution < -0.4 is 10.6 Å². The second kappa shape index (κ2) is 7.66. The first kappa shape index (κ1) is 16.8. The molecule has 128 valence electrons. The second-order valence-electron chi connectivity index (χ2n) is 6.09. The first-order chi connectivity index (χ1) is 12.1. The van der Waals surface area contributed by atoms with E-state index in [9.17, 15) is 4.79 Å². The molecule has 0 saturated heterocycles. The molecule has 3 aromatic rings. The van der Waals surface area contributed by atoms with Crippen molar-refractivity contribution in [1.29, 1.82) is 0 Å². The van der Waals surface area contributed by atoms with Crippen molar-refractivity contribution in [2.24, 2.45) is 0 Å². The fourth-order valence-electron chi connectivity index (χ4n) is 2.41. The van der Waals surface area contributed by atoms with Crippen LogP contribution in [0.1, 0.15) is 41.6 Å². The van der Waals surface area contributed by atoms with Gasteiger partial charge in [-0.05, 0) is 47.9 Å². The average Bonchev–Trinajstić information content (AvgIpc) is 3.14. The molecule has 2 aromatic heterocycles. The van der Waals surface area contributed by atoms with E-state index in [0.717, 1.165) is 17.1 Å². The van der Waals surface area contributed by atoms with Gasteiger partial charge in [0.2, 0.25) is 0 Å².